The fourth-order valence-electron chi connectivity index (χ4n) is 5.25. The lowest BCUT2D eigenvalue weighted by molar-refractivity contribution is -0.161. The molecule has 0 amide bonds. The number of allylic oxidation sites excluding steroid dienone is 12. The number of esters is 2. The van der Waals surface area contributed by atoms with Gasteiger partial charge in [0.25, 0.3) is 0 Å². The first kappa shape index (κ1) is 51.5. The largest absolute Gasteiger partial charge is 0.472 e. The maximum absolute atomic E-state index is 12.5. The number of phosphoric acid groups is 1. The number of hydrogen-bond acceptors (Lipinski definition) is 8. The summed E-state index contributed by atoms with van der Waals surface area (Å²) in [5, 5.41) is 0. The molecule has 0 aromatic heterocycles. The molecular formula is C44H76NO8P. The Morgan fingerprint density at radius 2 is 1.04 bits per heavy atom. The van der Waals surface area contributed by atoms with E-state index in [2.05, 4.69) is 80.7 Å². The number of ether oxygens (including phenoxy) is 2. The second kappa shape index (κ2) is 40.1. The fraction of sp³-hybridized carbons (Fsp3) is 0.682. The number of carbonyl (C=O) groups excluding carboxylic acids is 2. The van der Waals surface area contributed by atoms with Gasteiger partial charge in [0.1, 0.15) is 6.61 Å². The topological polar surface area (TPSA) is 134 Å². The predicted octanol–water partition coefficient (Wildman–Crippen LogP) is 11.9. The van der Waals surface area contributed by atoms with Gasteiger partial charge in [-0.05, 0) is 77.0 Å². The first-order chi connectivity index (χ1) is 26.3. The van der Waals surface area contributed by atoms with Crippen molar-refractivity contribution in [3.8, 4) is 0 Å². The number of carbonyl (C=O) groups is 2. The van der Waals surface area contributed by atoms with Crippen LogP contribution >= 0.6 is 7.82 Å². The second-order valence-electron chi connectivity index (χ2n) is 13.5. The lowest BCUT2D eigenvalue weighted by Crippen LogP contribution is -2.29. The van der Waals surface area contributed by atoms with Crippen molar-refractivity contribution in [1.29, 1.82) is 0 Å². The Hall–Kier alpha value is -2.55. The van der Waals surface area contributed by atoms with Crippen LogP contribution in [0.5, 0.6) is 0 Å². The summed E-state index contributed by atoms with van der Waals surface area (Å²) in [5.41, 5.74) is 5.34. The first-order valence-electron chi connectivity index (χ1n) is 20.9. The molecule has 0 bridgehead atoms. The van der Waals surface area contributed by atoms with Crippen LogP contribution in [0.25, 0.3) is 0 Å². The summed E-state index contributed by atoms with van der Waals surface area (Å²) in [6, 6.07) is 0. The predicted molar refractivity (Wildman–Crippen MR) is 224 cm³/mol. The minimum absolute atomic E-state index is 0.0399. The monoisotopic (exact) mass is 778 g/mol. The van der Waals surface area contributed by atoms with Crippen molar-refractivity contribution in [2.45, 2.75) is 168 Å². The molecule has 0 saturated heterocycles. The smallest absolute Gasteiger partial charge is 0.462 e. The quantitative estimate of drug-likeness (QED) is 0.0272. The zero-order valence-corrected chi connectivity index (χ0v) is 34.8. The summed E-state index contributed by atoms with van der Waals surface area (Å²) < 4.78 is 32.7. The van der Waals surface area contributed by atoms with Crippen LogP contribution in [0.4, 0.5) is 0 Å². The molecule has 0 fully saturated rings. The van der Waals surface area contributed by atoms with Gasteiger partial charge in [-0.2, -0.15) is 0 Å². The van der Waals surface area contributed by atoms with Crippen molar-refractivity contribution in [2.75, 3.05) is 26.4 Å². The Balaban J connectivity index is 4.30. The van der Waals surface area contributed by atoms with Crippen LogP contribution in [0.2, 0.25) is 0 Å². The Morgan fingerprint density at radius 1 is 0.574 bits per heavy atom. The third kappa shape index (κ3) is 39.2. The average molecular weight is 778 g/mol. The van der Waals surface area contributed by atoms with Gasteiger partial charge in [0.05, 0.1) is 13.2 Å². The summed E-state index contributed by atoms with van der Waals surface area (Å²) in [5.74, 6) is -0.912. The number of phosphoric ester groups is 1. The van der Waals surface area contributed by atoms with E-state index < -0.39 is 32.5 Å². The van der Waals surface area contributed by atoms with E-state index in [0.29, 0.717) is 19.3 Å². The number of unbranched alkanes of at least 4 members (excludes halogenated alkanes) is 13. The SMILES string of the molecule is CC/C=C\C/C=C\C/C=C\C/C=C\C/C=C\CCCC(=O)OC(COC(=O)CCCCCCC/C=C\CCCCCCCCC)COP(=O)(O)OCCN. The summed E-state index contributed by atoms with van der Waals surface area (Å²) in [7, 11) is -4.40. The molecule has 2 unspecified atom stereocenters. The minimum Gasteiger partial charge on any atom is -0.462 e. The molecule has 10 heteroatoms. The summed E-state index contributed by atoms with van der Waals surface area (Å²) in [6.45, 7) is 3.52. The van der Waals surface area contributed by atoms with E-state index in [9.17, 15) is 19.0 Å². The third-order valence-corrected chi connectivity index (χ3v) is 9.31. The minimum atomic E-state index is -4.40. The van der Waals surface area contributed by atoms with E-state index in [1.54, 1.807) is 0 Å². The summed E-state index contributed by atoms with van der Waals surface area (Å²) >= 11 is 0. The van der Waals surface area contributed by atoms with E-state index in [1.807, 2.05) is 6.08 Å². The maximum atomic E-state index is 12.5. The summed E-state index contributed by atoms with van der Waals surface area (Å²) in [6.07, 6.45) is 48.0. The van der Waals surface area contributed by atoms with E-state index in [0.717, 1.165) is 64.2 Å². The molecule has 0 aliphatic heterocycles. The van der Waals surface area contributed by atoms with E-state index in [-0.39, 0.29) is 32.6 Å². The van der Waals surface area contributed by atoms with Gasteiger partial charge in [-0.3, -0.25) is 18.6 Å². The van der Waals surface area contributed by atoms with Crippen LogP contribution in [0.15, 0.2) is 72.9 Å². The third-order valence-electron chi connectivity index (χ3n) is 8.33. The number of hydrogen-bond donors (Lipinski definition) is 2. The molecule has 0 aliphatic carbocycles. The molecule has 0 spiro atoms. The van der Waals surface area contributed by atoms with Gasteiger partial charge in [0.2, 0.25) is 0 Å². The zero-order valence-electron chi connectivity index (χ0n) is 33.9. The van der Waals surface area contributed by atoms with Crippen molar-refractivity contribution in [2.24, 2.45) is 5.73 Å². The van der Waals surface area contributed by atoms with Gasteiger partial charge in [-0.15, -0.1) is 0 Å². The lowest BCUT2D eigenvalue weighted by Gasteiger charge is -2.19. The molecule has 0 aromatic rings. The van der Waals surface area contributed by atoms with Crippen LogP contribution in [0.3, 0.4) is 0 Å². The highest BCUT2D eigenvalue weighted by Crippen LogP contribution is 2.43. The normalized spacial score (nSPS) is 14.1. The standard InChI is InChI=1S/C44H76NO8P/c1-3-5-7-9-11-13-15-17-19-21-23-25-27-29-31-33-35-37-44(47)53-42(41-52-54(48,49)51-39-38-45)40-50-43(46)36-34-32-30-28-26-24-22-20-18-16-14-12-10-8-6-4-2/h5,7,11,13,17,19-20,22-23,25,29,31,42H,3-4,6,8-10,12,14-16,18,21,24,26-28,30,32-41,45H2,1-2H3,(H,48,49)/b7-5-,13-11-,19-17-,22-20-,25-23-,31-29-. The van der Waals surface area contributed by atoms with E-state index in [4.69, 9.17) is 24.3 Å². The van der Waals surface area contributed by atoms with Gasteiger partial charge < -0.3 is 20.1 Å². The molecule has 0 aromatic carbocycles. The summed E-state index contributed by atoms with van der Waals surface area (Å²) in [4.78, 5) is 34.8. The van der Waals surface area contributed by atoms with E-state index >= 15 is 0 Å². The number of nitrogens with two attached hydrogens (primary N) is 1. The molecule has 54 heavy (non-hydrogen) atoms. The van der Waals surface area contributed by atoms with Crippen LogP contribution in [-0.4, -0.2) is 49.3 Å². The van der Waals surface area contributed by atoms with Gasteiger partial charge in [-0.25, -0.2) is 4.57 Å². The highest BCUT2D eigenvalue weighted by molar-refractivity contribution is 7.47. The van der Waals surface area contributed by atoms with Crippen molar-refractivity contribution in [3.63, 3.8) is 0 Å². The Bertz CT molecular complexity index is 1110. The lowest BCUT2D eigenvalue weighted by atomic mass is 10.1. The molecule has 3 N–H and O–H groups in total. The van der Waals surface area contributed by atoms with Crippen molar-refractivity contribution >= 4 is 19.8 Å². The molecular weight excluding hydrogens is 701 g/mol. The van der Waals surface area contributed by atoms with Gasteiger partial charge in [0, 0.05) is 19.4 Å². The molecule has 0 radical (unpaired) electrons. The van der Waals surface area contributed by atoms with Crippen LogP contribution in [0.1, 0.15) is 162 Å². The van der Waals surface area contributed by atoms with E-state index in [1.165, 1.54) is 51.4 Å². The van der Waals surface area contributed by atoms with Crippen LogP contribution in [-0.2, 0) is 32.7 Å². The highest BCUT2D eigenvalue weighted by Gasteiger charge is 2.25. The molecule has 0 saturated carbocycles. The highest BCUT2D eigenvalue weighted by atomic mass is 31.2. The van der Waals surface area contributed by atoms with Crippen molar-refractivity contribution in [3.05, 3.63) is 72.9 Å². The first-order valence-corrected chi connectivity index (χ1v) is 22.4. The van der Waals surface area contributed by atoms with Gasteiger partial charge in [0.15, 0.2) is 6.10 Å². The molecule has 9 nitrogen and oxygen atoms in total. The van der Waals surface area contributed by atoms with Crippen molar-refractivity contribution < 1.29 is 37.6 Å². The molecule has 310 valence electrons. The zero-order chi connectivity index (χ0) is 39.6. The van der Waals surface area contributed by atoms with Crippen LogP contribution in [0, 0.1) is 0 Å². The van der Waals surface area contributed by atoms with Gasteiger partial charge in [-0.1, -0.05) is 145 Å². The molecule has 0 rings (SSSR count). The molecule has 0 aliphatic rings. The fourth-order valence-corrected chi connectivity index (χ4v) is 6.02. The molecule has 0 heterocycles. The van der Waals surface area contributed by atoms with Gasteiger partial charge >= 0.3 is 19.8 Å². The second-order valence-corrected chi connectivity index (χ2v) is 14.9. The Labute approximate surface area is 329 Å². The Kier molecular flexibility index (Phi) is 38.2. The molecule has 2 atom stereocenters. The average Bonchev–Trinajstić information content (AvgIpc) is 3.16. The van der Waals surface area contributed by atoms with Crippen LogP contribution < -0.4 is 5.73 Å². The van der Waals surface area contributed by atoms with Crippen molar-refractivity contribution in [1.82, 2.24) is 0 Å². The number of rotatable bonds is 38. The Morgan fingerprint density at radius 3 is 1.59 bits per heavy atom. The maximum Gasteiger partial charge on any atom is 0.472 e.